The van der Waals surface area contributed by atoms with Crippen LogP contribution in [0.25, 0.3) is 21.1 Å². The number of methoxy groups -OCH3 is 1. The summed E-state index contributed by atoms with van der Waals surface area (Å²) in [5.74, 6) is -8.65. The molecule has 5 saturated heterocycles. The zero-order valence-electron chi connectivity index (χ0n) is 56.8. The molecule has 558 valence electrons. The molecule has 0 bridgehead atoms. The first-order valence-corrected chi connectivity index (χ1v) is 35.7. The van der Waals surface area contributed by atoms with Gasteiger partial charge in [0.1, 0.15) is 52.0 Å². The van der Waals surface area contributed by atoms with Crippen LogP contribution in [0.1, 0.15) is 94.0 Å². The fourth-order valence-corrected chi connectivity index (χ4v) is 14.1. The van der Waals surface area contributed by atoms with Crippen LogP contribution in [0.4, 0.5) is 0 Å². The fourth-order valence-electron chi connectivity index (χ4n) is 12.9. The van der Waals surface area contributed by atoms with Crippen molar-refractivity contribution in [2.75, 3.05) is 72.7 Å². The zero-order valence-corrected chi connectivity index (χ0v) is 58.4. The van der Waals surface area contributed by atoms with Crippen molar-refractivity contribution in [1.29, 1.82) is 0 Å². The summed E-state index contributed by atoms with van der Waals surface area (Å²) in [6.45, 7) is 4.63. The second kappa shape index (κ2) is 37.6. The van der Waals surface area contributed by atoms with Crippen molar-refractivity contribution < 1.29 is 102 Å². The van der Waals surface area contributed by atoms with Crippen LogP contribution in [0.3, 0.4) is 0 Å². The molecule has 0 unspecified atom stereocenters. The Hall–Kier alpha value is -7.75. The summed E-state index contributed by atoms with van der Waals surface area (Å²) in [6, 6.07) is 5.84. The Bertz CT molecular complexity index is 3480. The summed E-state index contributed by atoms with van der Waals surface area (Å²) in [7, 11) is 1.70. The number of aliphatic hydroxyl groups is 6. The number of nitrogens with one attached hydrogen (secondary N) is 7. The van der Waals surface area contributed by atoms with Gasteiger partial charge in [-0.25, -0.2) is 5.26 Å². The Balaban J connectivity index is 0.964. The van der Waals surface area contributed by atoms with E-state index in [-0.39, 0.29) is 66.6 Å². The number of nitrogens with zero attached hydrogens (tertiary/aromatic N) is 5. The SMILES string of the molecule is COCCCCCCCOc1ccc(-c2nnc(-c3ccc(C(=O)N[C@H]4C[C@H](O)CNC(=O)[C@@H]5[C@@H](O)[C@H](C)CN5C(=O)[C@H]([C@H](O)CCNC5CCN(C(=O)C6CNC6)CC5)NC(=O)[C@H]([C@H](O)Cc5ccc(O)c(OSOOO)c5)NC(=O)[C@@H]5C[C@H](O)CN5C(=O)[C@H]([C@H](C)O)NC4=O)cc3)s2)cc1. The molecule has 9 rings (SSSR count). The Morgan fingerprint density at radius 2 is 1.38 bits per heavy atom. The highest BCUT2D eigenvalue weighted by atomic mass is 32.2. The van der Waals surface area contributed by atoms with Gasteiger partial charge in [-0.2, -0.15) is 0 Å². The first-order chi connectivity index (χ1) is 49.0. The molecule has 33 nitrogen and oxygen atoms in total. The predicted octanol–water partition coefficient (Wildman–Crippen LogP) is -0.945. The average molecular weight is 1470 g/mol. The van der Waals surface area contributed by atoms with Gasteiger partial charge in [0.2, 0.25) is 41.4 Å². The Morgan fingerprint density at radius 3 is 2.04 bits per heavy atom. The van der Waals surface area contributed by atoms with Gasteiger partial charge in [0, 0.05) is 107 Å². The molecule has 4 aromatic rings. The highest BCUT2D eigenvalue weighted by Gasteiger charge is 2.50. The van der Waals surface area contributed by atoms with Crippen LogP contribution in [0, 0.1) is 11.8 Å². The summed E-state index contributed by atoms with van der Waals surface area (Å²) in [5, 5.41) is 122. The number of phenolic OH excluding ortho intramolecular Hbond substituents is 1. The third-order valence-electron chi connectivity index (χ3n) is 18.9. The van der Waals surface area contributed by atoms with Crippen LogP contribution in [0.2, 0.25) is 0 Å². The number of likely N-dealkylation sites (tertiary alicyclic amines) is 1. The smallest absolute Gasteiger partial charge is 0.261 e. The van der Waals surface area contributed by atoms with Gasteiger partial charge in [0.25, 0.3) is 18.2 Å². The molecule has 8 amide bonds. The van der Waals surface area contributed by atoms with Gasteiger partial charge in [0.15, 0.2) is 11.5 Å². The molecule has 5 fully saturated rings. The fraction of sp³-hybridized carbons (Fsp3) is 0.582. The minimum Gasteiger partial charge on any atom is -0.504 e. The van der Waals surface area contributed by atoms with Gasteiger partial charge in [-0.15, -0.1) is 10.2 Å². The summed E-state index contributed by atoms with van der Waals surface area (Å²) in [4.78, 5) is 120. The number of aromatic hydroxyl groups is 1. The van der Waals surface area contributed by atoms with Crippen molar-refractivity contribution in [1.82, 2.24) is 62.1 Å². The molecule has 1 aromatic heterocycles. The molecule has 35 heteroatoms. The maximum atomic E-state index is 15.2. The maximum absolute atomic E-state index is 15.2. The van der Waals surface area contributed by atoms with E-state index in [0.29, 0.717) is 61.2 Å². The van der Waals surface area contributed by atoms with E-state index >= 15 is 9.59 Å². The second-order valence-corrected chi connectivity index (χ2v) is 27.8. The van der Waals surface area contributed by atoms with Crippen LogP contribution < -0.4 is 46.1 Å². The highest BCUT2D eigenvalue weighted by Crippen LogP contribution is 2.34. The molecule has 5 aliphatic heterocycles. The number of hydrogen-bond acceptors (Lipinski definition) is 27. The molecule has 0 aliphatic carbocycles. The molecule has 5 aliphatic rings. The lowest BCUT2D eigenvalue weighted by Gasteiger charge is -2.37. The lowest BCUT2D eigenvalue weighted by atomic mass is 9.98. The number of aliphatic hydroxyl groups excluding tert-OH is 6. The molecule has 13 atom stereocenters. The van der Waals surface area contributed by atoms with E-state index in [1.54, 1.807) is 24.1 Å². The average Bonchev–Trinajstić information content (AvgIpc) is 1.67. The molecule has 0 radical (unpaired) electrons. The summed E-state index contributed by atoms with van der Waals surface area (Å²) in [5.41, 5.74) is 1.53. The first kappa shape index (κ1) is 78.4. The van der Waals surface area contributed by atoms with Gasteiger partial charge in [-0.1, -0.05) is 65.1 Å². The van der Waals surface area contributed by atoms with E-state index in [2.05, 4.69) is 56.8 Å². The van der Waals surface area contributed by atoms with Crippen LogP contribution in [0.5, 0.6) is 17.2 Å². The third-order valence-corrected chi connectivity index (χ3v) is 20.3. The number of unbranched alkanes of at least 4 members (excludes halogenated alkanes) is 4. The van der Waals surface area contributed by atoms with E-state index < -0.39 is 158 Å². The first-order valence-electron chi connectivity index (χ1n) is 34.2. The Morgan fingerprint density at radius 1 is 0.735 bits per heavy atom. The number of hydrogen-bond donors (Lipinski definition) is 15. The van der Waals surface area contributed by atoms with Crippen molar-refractivity contribution in [3.8, 4) is 38.4 Å². The van der Waals surface area contributed by atoms with Crippen LogP contribution in [-0.4, -0.2) is 265 Å². The van der Waals surface area contributed by atoms with Gasteiger partial charge in [-0.05, 0) is 99.7 Å². The van der Waals surface area contributed by atoms with E-state index in [9.17, 15) is 64.5 Å². The number of amides is 8. The lowest BCUT2D eigenvalue weighted by molar-refractivity contribution is -0.433. The van der Waals surface area contributed by atoms with Crippen molar-refractivity contribution >= 4 is 70.9 Å². The minimum atomic E-state index is -2.13. The monoisotopic (exact) mass is 1460 g/mol. The number of benzene rings is 3. The number of phenols is 1. The number of carbonyl (C=O) groups is 8. The molecule has 0 spiro atoms. The predicted molar refractivity (Wildman–Crippen MR) is 366 cm³/mol. The lowest BCUT2D eigenvalue weighted by Crippen LogP contribution is -2.64. The van der Waals surface area contributed by atoms with E-state index in [1.807, 2.05) is 24.3 Å². The number of carbonyl (C=O) groups excluding carboxylic acids is 8. The number of β-amino-alcohol motifs (C(OH)–C–C–N with tert-alkyl or cyclic N) is 1. The van der Waals surface area contributed by atoms with Gasteiger partial charge < -0.3 is 101 Å². The van der Waals surface area contributed by atoms with Crippen LogP contribution in [-0.2, 0) is 54.1 Å². The molecule has 0 saturated carbocycles. The van der Waals surface area contributed by atoms with Crippen LogP contribution in [0.15, 0.2) is 66.7 Å². The number of rotatable bonds is 27. The number of fused-ring (bicyclic) bond motifs is 2. The molecule has 3 aromatic carbocycles. The third kappa shape index (κ3) is 20.8. The Kier molecular flexibility index (Phi) is 28.9. The summed E-state index contributed by atoms with van der Waals surface area (Å²) >= 11 is 1.38. The van der Waals surface area contributed by atoms with Crippen molar-refractivity contribution in [3.05, 3.63) is 77.9 Å². The zero-order chi connectivity index (χ0) is 73.1. The van der Waals surface area contributed by atoms with E-state index in [0.717, 1.165) is 72.8 Å². The topological polar surface area (TPSA) is 464 Å². The maximum Gasteiger partial charge on any atom is 0.261 e. The number of ether oxygens (including phenoxy) is 2. The summed E-state index contributed by atoms with van der Waals surface area (Å²) in [6.07, 6.45) is -5.93. The number of aromatic nitrogens is 2. The quantitative estimate of drug-likeness (QED) is 0.0148. The van der Waals surface area contributed by atoms with E-state index in [1.165, 1.54) is 42.5 Å². The Labute approximate surface area is 597 Å². The van der Waals surface area contributed by atoms with Gasteiger partial charge >= 0.3 is 0 Å². The highest BCUT2D eigenvalue weighted by molar-refractivity contribution is 7.90. The largest absolute Gasteiger partial charge is 0.504 e. The normalized spacial score (nSPS) is 25.4. The minimum absolute atomic E-state index is 0.0177. The van der Waals surface area contributed by atoms with E-state index in [4.69, 9.17) is 18.9 Å². The molecule has 102 heavy (non-hydrogen) atoms. The van der Waals surface area contributed by atoms with Gasteiger partial charge in [-0.3, -0.25) is 38.4 Å². The second-order valence-electron chi connectivity index (χ2n) is 26.4. The molecule has 15 N–H and O–H groups in total. The van der Waals surface area contributed by atoms with Crippen molar-refractivity contribution in [3.63, 3.8) is 0 Å². The number of piperidine rings is 1. The van der Waals surface area contributed by atoms with Gasteiger partial charge in [0.05, 0.1) is 49.1 Å². The molecule has 6 heterocycles. The van der Waals surface area contributed by atoms with Crippen molar-refractivity contribution in [2.45, 2.75) is 163 Å². The molecular formula is C67H92N12O21S2. The van der Waals surface area contributed by atoms with Crippen molar-refractivity contribution in [2.24, 2.45) is 11.8 Å². The molecular weight excluding hydrogens is 1370 g/mol. The standard InChI is InChI=1S/C67H92N12O21S2/c1-36-34-79-56(57(36)86)62(91)70-33-44(81)29-47(71-58(87)39-10-12-40(13-11-39)63-75-76-64(101-63)41-14-16-46(17-15-41)97-26-8-6-4-5-7-25-96-3)59(88)72-53(37(2)80)66(93)78-35-45(82)30-48(78)60(89)73-54(51(85)27-38-9-18-49(83)52(28-38)98-102-100-99-95)61(90)74-55(67(79)94)50(84)19-22-69-43-20-23-77(24-21-43)65(92)42-31-68-32-42/h9-18,28,36-37,42-45,47-48,50-51,53-57,68-69,80-86,95H,4-8,19-27,29-35H2,1-3H3,(H,70,91)(H,71,87)(H,72,88)(H,73,89)(H,74,90)/t36-,37+,44+,45+,47+,48+,50-,51-,53+,54+,55+,56+,57+/m1/s1. The van der Waals surface area contributed by atoms with Crippen LogP contribution >= 0.6 is 23.7 Å². The summed E-state index contributed by atoms with van der Waals surface area (Å²) < 4.78 is 20.5.